The van der Waals surface area contributed by atoms with Gasteiger partial charge < -0.3 is 14.2 Å². The van der Waals surface area contributed by atoms with Gasteiger partial charge in [0.05, 0.1) is 20.6 Å². The fourth-order valence-corrected chi connectivity index (χ4v) is 5.17. The Kier molecular flexibility index (Phi) is 15.7. The number of hydrogen-bond donors (Lipinski definition) is 0. The second kappa shape index (κ2) is 15.7. The predicted octanol–water partition coefficient (Wildman–Crippen LogP) is 5.43. The van der Waals surface area contributed by atoms with Crippen LogP contribution in [-0.4, -0.2) is 66.5 Å². The summed E-state index contributed by atoms with van der Waals surface area (Å²) >= 11 is 7.80. The van der Waals surface area contributed by atoms with Crippen molar-refractivity contribution in [3.8, 4) is 0 Å². The summed E-state index contributed by atoms with van der Waals surface area (Å²) in [6.45, 7) is 14.9. The van der Waals surface area contributed by atoms with Crippen molar-refractivity contribution in [1.29, 1.82) is 0 Å². The molecule has 0 saturated carbocycles. The van der Waals surface area contributed by atoms with Crippen LogP contribution in [0.5, 0.6) is 0 Å². The van der Waals surface area contributed by atoms with E-state index >= 15 is 0 Å². The van der Waals surface area contributed by atoms with Gasteiger partial charge >= 0.3 is 17.9 Å². The Morgan fingerprint density at radius 2 is 1.45 bits per heavy atom. The van der Waals surface area contributed by atoms with Crippen LogP contribution in [0, 0.1) is 5.92 Å². The molecular weight excluding hydrogens is 568 g/mol. The van der Waals surface area contributed by atoms with Crippen molar-refractivity contribution in [1.82, 2.24) is 0 Å². The molecule has 0 aromatic carbocycles. The van der Waals surface area contributed by atoms with E-state index in [4.69, 9.17) is 14.2 Å². The quantitative estimate of drug-likeness (QED) is 0.0809. The van der Waals surface area contributed by atoms with Crippen LogP contribution >= 0.6 is 43.6 Å². The van der Waals surface area contributed by atoms with Crippen molar-refractivity contribution in [3.63, 3.8) is 0 Å². The molecule has 0 spiro atoms. The molecule has 6 nitrogen and oxygen atoms in total. The third-order valence-electron chi connectivity index (χ3n) is 5.19. The van der Waals surface area contributed by atoms with Gasteiger partial charge in [0.15, 0.2) is 0 Å². The monoisotopic (exact) mass is 604 g/mol. The minimum Gasteiger partial charge on any atom is -0.465 e. The fourth-order valence-electron chi connectivity index (χ4n) is 2.24. The molecule has 31 heavy (non-hydrogen) atoms. The molecule has 0 radical (unpaired) electrons. The molecule has 0 aliphatic heterocycles. The van der Waals surface area contributed by atoms with Gasteiger partial charge in [-0.3, -0.25) is 14.4 Å². The van der Waals surface area contributed by atoms with E-state index in [1.54, 1.807) is 13.8 Å². The second-order valence-electron chi connectivity index (χ2n) is 8.77. The molecule has 0 rings (SSSR count). The van der Waals surface area contributed by atoms with Crippen LogP contribution < -0.4 is 0 Å². The minimum absolute atomic E-state index is 0.0262. The van der Waals surface area contributed by atoms with Crippen LogP contribution in [-0.2, 0) is 28.6 Å². The van der Waals surface area contributed by atoms with Crippen molar-refractivity contribution in [2.75, 3.05) is 24.7 Å². The van der Waals surface area contributed by atoms with E-state index < -0.39 is 35.8 Å². The molecule has 0 amide bonds. The lowest BCUT2D eigenvalue weighted by molar-refractivity contribution is -0.156. The Labute approximate surface area is 209 Å². The zero-order valence-electron chi connectivity index (χ0n) is 19.7. The number of halogens is 2. The molecule has 0 bridgehead atoms. The Balaban J connectivity index is 4.41. The lowest BCUT2D eigenvalue weighted by atomic mass is 10.2. The summed E-state index contributed by atoms with van der Waals surface area (Å²) in [4.78, 5) is 34.9. The van der Waals surface area contributed by atoms with Gasteiger partial charge in [0.2, 0.25) is 0 Å². The van der Waals surface area contributed by atoms with E-state index in [9.17, 15) is 14.4 Å². The number of esters is 3. The SMILES string of the molecule is CC(Br)C(=O)OCC(CSCC(C)C(=O)OCCC[Si](C)(C)C(C)C)OC(=O)C(C)Br. The van der Waals surface area contributed by atoms with Gasteiger partial charge in [-0.15, -0.1) is 0 Å². The van der Waals surface area contributed by atoms with Crippen LogP contribution in [0.2, 0.25) is 24.7 Å². The Morgan fingerprint density at radius 1 is 0.871 bits per heavy atom. The first-order valence-corrected chi connectivity index (χ1v) is 16.9. The molecule has 4 unspecified atom stereocenters. The Hall–Kier alpha value is -0.0631. The van der Waals surface area contributed by atoms with Crippen molar-refractivity contribution >= 4 is 69.6 Å². The average molecular weight is 606 g/mol. The molecule has 0 fully saturated rings. The fraction of sp³-hybridized carbons (Fsp3) is 0.857. The summed E-state index contributed by atoms with van der Waals surface area (Å²) in [5.74, 6) is -0.365. The Bertz CT molecular complexity index is 572. The number of alkyl halides is 2. The standard InChI is InChI=1S/C21H38Br2O6SSi/c1-14(2)31(6,7)10-8-9-27-19(24)15(3)12-30-13-18(29-21(26)17(5)23)11-28-20(25)16(4)22/h14-18H,8-13H2,1-7H3. The predicted molar refractivity (Wildman–Crippen MR) is 137 cm³/mol. The van der Waals surface area contributed by atoms with Crippen LogP contribution in [0.4, 0.5) is 0 Å². The molecule has 0 aromatic heterocycles. The topological polar surface area (TPSA) is 78.9 Å². The summed E-state index contributed by atoms with van der Waals surface area (Å²) in [5, 5.41) is 0. The smallest absolute Gasteiger partial charge is 0.319 e. The third kappa shape index (κ3) is 13.9. The van der Waals surface area contributed by atoms with E-state index in [-0.39, 0.29) is 18.5 Å². The zero-order chi connectivity index (χ0) is 24.2. The highest BCUT2D eigenvalue weighted by Gasteiger charge is 2.25. The highest BCUT2D eigenvalue weighted by molar-refractivity contribution is 9.10. The summed E-state index contributed by atoms with van der Waals surface area (Å²) in [6.07, 6.45) is 0.322. The maximum absolute atomic E-state index is 12.2. The molecule has 0 aliphatic carbocycles. The normalized spacial score (nSPS) is 15.7. The van der Waals surface area contributed by atoms with Crippen LogP contribution in [0.3, 0.4) is 0 Å². The van der Waals surface area contributed by atoms with Crippen molar-refractivity contribution in [3.05, 3.63) is 0 Å². The largest absolute Gasteiger partial charge is 0.465 e. The van der Waals surface area contributed by atoms with E-state index in [1.807, 2.05) is 6.92 Å². The maximum Gasteiger partial charge on any atom is 0.319 e. The summed E-state index contributed by atoms with van der Waals surface area (Å²) in [5.41, 5.74) is 0.713. The molecule has 182 valence electrons. The number of rotatable bonds is 15. The maximum atomic E-state index is 12.2. The lowest BCUT2D eigenvalue weighted by Gasteiger charge is -2.26. The van der Waals surface area contributed by atoms with Crippen molar-refractivity contribution in [2.24, 2.45) is 5.92 Å². The molecule has 0 aromatic rings. The number of thioether (sulfide) groups is 1. The van der Waals surface area contributed by atoms with Gasteiger partial charge in [0.25, 0.3) is 0 Å². The van der Waals surface area contributed by atoms with E-state index in [2.05, 4.69) is 58.8 Å². The highest BCUT2D eigenvalue weighted by atomic mass is 79.9. The van der Waals surface area contributed by atoms with Gasteiger partial charge in [0.1, 0.15) is 22.4 Å². The first kappa shape index (κ1) is 30.9. The molecule has 0 N–H and O–H groups in total. The van der Waals surface area contributed by atoms with E-state index in [1.165, 1.54) is 11.8 Å². The molecule has 10 heteroatoms. The van der Waals surface area contributed by atoms with E-state index in [0.29, 0.717) is 23.7 Å². The lowest BCUT2D eigenvalue weighted by Crippen LogP contribution is -2.31. The van der Waals surface area contributed by atoms with Crippen LogP contribution in [0.15, 0.2) is 0 Å². The summed E-state index contributed by atoms with van der Waals surface area (Å²) in [7, 11) is -1.24. The van der Waals surface area contributed by atoms with Gasteiger partial charge in [0, 0.05) is 11.5 Å². The zero-order valence-corrected chi connectivity index (χ0v) is 24.7. The third-order valence-corrected chi connectivity index (χ3v) is 12.0. The number of hydrogen-bond acceptors (Lipinski definition) is 7. The van der Waals surface area contributed by atoms with Gasteiger partial charge in [-0.05, 0) is 20.3 Å². The number of carbonyl (C=O) groups excluding carboxylic acids is 3. The molecule has 0 heterocycles. The average Bonchev–Trinajstić information content (AvgIpc) is 2.67. The van der Waals surface area contributed by atoms with Gasteiger partial charge in [-0.2, -0.15) is 11.8 Å². The highest BCUT2D eigenvalue weighted by Crippen LogP contribution is 2.26. The summed E-state index contributed by atoms with van der Waals surface area (Å²) in [6, 6.07) is 1.14. The second-order valence-corrected chi connectivity index (χ2v) is 18.2. The van der Waals surface area contributed by atoms with Crippen molar-refractivity contribution < 1.29 is 28.6 Å². The van der Waals surface area contributed by atoms with Crippen LogP contribution in [0.25, 0.3) is 0 Å². The van der Waals surface area contributed by atoms with Gasteiger partial charge in [-0.1, -0.05) is 77.3 Å². The molecule has 4 atom stereocenters. The van der Waals surface area contributed by atoms with Crippen molar-refractivity contribution in [2.45, 2.75) is 81.5 Å². The van der Waals surface area contributed by atoms with E-state index in [0.717, 1.165) is 12.5 Å². The number of ether oxygens (including phenoxy) is 3. The first-order valence-electron chi connectivity index (χ1n) is 10.7. The van der Waals surface area contributed by atoms with Crippen LogP contribution in [0.1, 0.15) is 41.0 Å². The number of carbonyl (C=O) groups is 3. The first-order chi connectivity index (χ1) is 14.3. The Morgan fingerprint density at radius 3 is 1.97 bits per heavy atom. The molecular formula is C21H38Br2O6SSi. The molecule has 0 aliphatic rings. The minimum atomic E-state index is -1.24. The van der Waals surface area contributed by atoms with Gasteiger partial charge in [-0.25, -0.2) is 0 Å². The molecule has 0 saturated heterocycles. The summed E-state index contributed by atoms with van der Waals surface area (Å²) < 4.78 is 16.0.